The summed E-state index contributed by atoms with van der Waals surface area (Å²) in [6.07, 6.45) is 7.94. The second-order valence-corrected chi connectivity index (χ2v) is 5.93. The van der Waals surface area contributed by atoms with Crippen molar-refractivity contribution in [1.29, 1.82) is 0 Å². The van der Waals surface area contributed by atoms with Crippen LogP contribution in [0.15, 0.2) is 10.7 Å². The number of aromatic nitrogens is 2. The fraction of sp³-hybridized carbons (Fsp3) is 0.778. The van der Waals surface area contributed by atoms with Gasteiger partial charge in [0.05, 0.1) is 0 Å². The van der Waals surface area contributed by atoms with Gasteiger partial charge in [0.25, 0.3) is 0 Å². The van der Waals surface area contributed by atoms with Crippen LogP contribution in [0.3, 0.4) is 0 Å². The van der Waals surface area contributed by atoms with Crippen LogP contribution >= 0.6 is 23.3 Å². The van der Waals surface area contributed by atoms with E-state index in [9.17, 15) is 0 Å². The Kier molecular flexibility index (Phi) is 3.78. The van der Waals surface area contributed by atoms with Gasteiger partial charge in [0, 0.05) is 11.3 Å². The molecule has 1 aliphatic carbocycles. The SMILES string of the molecule is NC1CCCCCC1Sc1ncns1. The molecular weight excluding hydrogens is 214 g/mol. The zero-order valence-corrected chi connectivity index (χ0v) is 9.69. The van der Waals surface area contributed by atoms with Crippen molar-refractivity contribution in [3.05, 3.63) is 6.33 Å². The molecule has 0 spiro atoms. The summed E-state index contributed by atoms with van der Waals surface area (Å²) in [5.41, 5.74) is 6.13. The number of hydrogen-bond donors (Lipinski definition) is 1. The van der Waals surface area contributed by atoms with E-state index >= 15 is 0 Å². The molecule has 1 fully saturated rings. The molecule has 5 heteroatoms. The Morgan fingerprint density at radius 3 is 3.00 bits per heavy atom. The van der Waals surface area contributed by atoms with Crippen LogP contribution in [-0.4, -0.2) is 20.6 Å². The maximum atomic E-state index is 6.13. The first-order valence-electron chi connectivity index (χ1n) is 5.05. The van der Waals surface area contributed by atoms with E-state index in [4.69, 9.17) is 5.73 Å². The fourth-order valence-electron chi connectivity index (χ4n) is 1.79. The maximum absolute atomic E-state index is 6.13. The predicted octanol–water partition coefficient (Wildman–Crippen LogP) is 2.29. The first kappa shape index (κ1) is 10.4. The first-order valence-corrected chi connectivity index (χ1v) is 6.70. The quantitative estimate of drug-likeness (QED) is 0.791. The van der Waals surface area contributed by atoms with Gasteiger partial charge in [-0.05, 0) is 24.4 Å². The van der Waals surface area contributed by atoms with E-state index in [0.717, 1.165) is 10.8 Å². The van der Waals surface area contributed by atoms with Gasteiger partial charge in [0.2, 0.25) is 0 Å². The average molecular weight is 229 g/mol. The molecule has 2 atom stereocenters. The lowest BCUT2D eigenvalue weighted by molar-refractivity contribution is 0.596. The minimum Gasteiger partial charge on any atom is -0.327 e. The molecule has 0 amide bonds. The van der Waals surface area contributed by atoms with E-state index in [1.165, 1.54) is 37.2 Å². The van der Waals surface area contributed by atoms with Gasteiger partial charge in [-0.15, -0.1) is 0 Å². The van der Waals surface area contributed by atoms with E-state index in [1.807, 2.05) is 11.8 Å². The Morgan fingerprint density at radius 2 is 2.21 bits per heavy atom. The van der Waals surface area contributed by atoms with E-state index in [-0.39, 0.29) is 0 Å². The minimum atomic E-state index is 0.339. The fourth-order valence-corrected chi connectivity index (χ4v) is 3.71. The summed E-state index contributed by atoms with van der Waals surface area (Å²) < 4.78 is 5.07. The summed E-state index contributed by atoms with van der Waals surface area (Å²) in [5.74, 6) is 0. The van der Waals surface area contributed by atoms with Crippen LogP contribution in [0.1, 0.15) is 32.1 Å². The Bertz CT molecular complexity index is 263. The predicted molar refractivity (Wildman–Crippen MR) is 60.6 cm³/mol. The van der Waals surface area contributed by atoms with Gasteiger partial charge < -0.3 is 5.73 Å². The molecule has 0 aromatic carbocycles. The molecule has 0 aliphatic heterocycles. The summed E-state index contributed by atoms with van der Waals surface area (Å²) in [5, 5.41) is 0.547. The standard InChI is InChI=1S/C9H15N3S2/c10-7-4-2-1-3-5-8(7)13-9-11-6-12-14-9/h6-8H,1-5,10H2. The largest absolute Gasteiger partial charge is 0.327 e. The van der Waals surface area contributed by atoms with Crippen LogP contribution in [0.5, 0.6) is 0 Å². The van der Waals surface area contributed by atoms with Gasteiger partial charge in [-0.2, -0.15) is 4.37 Å². The van der Waals surface area contributed by atoms with E-state index in [0.29, 0.717) is 11.3 Å². The molecular formula is C9H15N3S2. The molecule has 78 valence electrons. The number of nitrogens with zero attached hydrogens (tertiary/aromatic N) is 2. The third kappa shape index (κ3) is 2.68. The lowest BCUT2D eigenvalue weighted by atomic mass is 10.1. The Balaban J connectivity index is 1.94. The molecule has 1 aliphatic rings. The van der Waals surface area contributed by atoms with Crippen LogP contribution in [0.25, 0.3) is 0 Å². The lowest BCUT2D eigenvalue weighted by Gasteiger charge is -2.18. The summed E-state index contributed by atoms with van der Waals surface area (Å²) in [6, 6.07) is 0.339. The molecule has 3 nitrogen and oxygen atoms in total. The maximum Gasteiger partial charge on any atom is 0.170 e. The first-order chi connectivity index (χ1) is 6.86. The second kappa shape index (κ2) is 5.09. The van der Waals surface area contributed by atoms with Gasteiger partial charge >= 0.3 is 0 Å². The highest BCUT2D eigenvalue weighted by Crippen LogP contribution is 2.32. The highest BCUT2D eigenvalue weighted by Gasteiger charge is 2.22. The molecule has 1 aromatic heterocycles. The normalized spacial score (nSPS) is 28.6. The van der Waals surface area contributed by atoms with E-state index in [1.54, 1.807) is 6.33 Å². The molecule has 2 N–H and O–H groups in total. The van der Waals surface area contributed by atoms with Crippen molar-refractivity contribution >= 4 is 23.3 Å². The van der Waals surface area contributed by atoms with Crippen LogP contribution < -0.4 is 5.73 Å². The van der Waals surface area contributed by atoms with Gasteiger partial charge in [-0.25, -0.2) is 4.98 Å². The van der Waals surface area contributed by atoms with E-state index in [2.05, 4.69) is 9.36 Å². The van der Waals surface area contributed by atoms with Crippen LogP contribution in [0.4, 0.5) is 0 Å². The van der Waals surface area contributed by atoms with E-state index < -0.39 is 0 Å². The highest BCUT2D eigenvalue weighted by atomic mass is 32.2. The summed E-state index contributed by atoms with van der Waals surface area (Å²) in [4.78, 5) is 4.19. The number of rotatable bonds is 2. The molecule has 1 saturated carbocycles. The van der Waals surface area contributed by atoms with Crippen molar-refractivity contribution in [2.45, 2.75) is 47.7 Å². The molecule has 0 saturated heterocycles. The Hall–Kier alpha value is -0.130. The van der Waals surface area contributed by atoms with Crippen LogP contribution in [0.2, 0.25) is 0 Å². The van der Waals surface area contributed by atoms with Gasteiger partial charge in [0.1, 0.15) is 6.33 Å². The van der Waals surface area contributed by atoms with Crippen LogP contribution in [0, 0.1) is 0 Å². The molecule has 14 heavy (non-hydrogen) atoms. The Morgan fingerprint density at radius 1 is 1.36 bits per heavy atom. The summed E-state index contributed by atoms with van der Waals surface area (Å²) in [6.45, 7) is 0. The molecule has 2 unspecified atom stereocenters. The molecule has 2 rings (SSSR count). The topological polar surface area (TPSA) is 51.8 Å². The minimum absolute atomic E-state index is 0.339. The molecule has 0 radical (unpaired) electrons. The van der Waals surface area contributed by atoms with Crippen molar-refractivity contribution in [2.75, 3.05) is 0 Å². The van der Waals surface area contributed by atoms with Gasteiger partial charge in [-0.3, -0.25) is 0 Å². The van der Waals surface area contributed by atoms with Crippen molar-refractivity contribution < 1.29 is 0 Å². The number of thioether (sulfide) groups is 1. The number of hydrogen-bond acceptors (Lipinski definition) is 5. The molecule has 0 bridgehead atoms. The third-order valence-electron chi connectivity index (χ3n) is 2.60. The lowest BCUT2D eigenvalue weighted by Crippen LogP contribution is -2.31. The smallest absolute Gasteiger partial charge is 0.170 e. The van der Waals surface area contributed by atoms with Crippen molar-refractivity contribution in [3.8, 4) is 0 Å². The summed E-state index contributed by atoms with van der Waals surface area (Å²) in [7, 11) is 0. The van der Waals surface area contributed by atoms with Gasteiger partial charge in [-0.1, -0.05) is 31.0 Å². The van der Waals surface area contributed by atoms with Crippen LogP contribution in [-0.2, 0) is 0 Å². The number of nitrogens with two attached hydrogens (primary N) is 1. The van der Waals surface area contributed by atoms with Gasteiger partial charge in [0.15, 0.2) is 4.34 Å². The molecule has 1 heterocycles. The Labute approximate surface area is 92.7 Å². The van der Waals surface area contributed by atoms with Crippen molar-refractivity contribution in [3.63, 3.8) is 0 Å². The highest BCUT2D eigenvalue weighted by molar-refractivity contribution is 8.01. The third-order valence-corrected chi connectivity index (χ3v) is 4.77. The monoisotopic (exact) mass is 229 g/mol. The second-order valence-electron chi connectivity index (χ2n) is 3.67. The zero-order chi connectivity index (χ0) is 9.80. The van der Waals surface area contributed by atoms with Crippen molar-refractivity contribution in [2.24, 2.45) is 5.73 Å². The summed E-state index contributed by atoms with van der Waals surface area (Å²) >= 11 is 3.28. The molecule has 1 aromatic rings. The van der Waals surface area contributed by atoms with Crippen molar-refractivity contribution in [1.82, 2.24) is 9.36 Å². The average Bonchev–Trinajstić information content (AvgIpc) is 2.60. The zero-order valence-electron chi connectivity index (χ0n) is 8.06.